The molecule has 1 aromatic heterocycles. The fourth-order valence-electron chi connectivity index (χ4n) is 1.83. The zero-order chi connectivity index (χ0) is 11.5. The van der Waals surface area contributed by atoms with Crippen LogP contribution in [0, 0.1) is 0 Å². The van der Waals surface area contributed by atoms with E-state index in [4.69, 9.17) is 5.11 Å². The fraction of sp³-hybridized carbons (Fsp3) is 0.545. The van der Waals surface area contributed by atoms with E-state index >= 15 is 0 Å². The molecule has 1 N–H and O–H groups in total. The van der Waals surface area contributed by atoms with Gasteiger partial charge in [-0.05, 0) is 46.6 Å². The van der Waals surface area contributed by atoms with Crippen LogP contribution < -0.4 is 0 Å². The Hall–Kier alpha value is -0.390. The average Bonchev–Trinajstić information content (AvgIpc) is 2.60. The van der Waals surface area contributed by atoms with Gasteiger partial charge in [0.2, 0.25) is 0 Å². The molecule has 2 rings (SSSR count). The minimum atomic E-state index is 0.0330. The SMILES string of the molecule is O=C(c1sccc1Br)N(CCO)C1CCC1. The van der Waals surface area contributed by atoms with Crippen LogP contribution in [-0.4, -0.2) is 35.1 Å². The quantitative estimate of drug-likeness (QED) is 0.928. The normalized spacial score (nSPS) is 15.9. The molecule has 0 aliphatic heterocycles. The maximum Gasteiger partial charge on any atom is 0.265 e. The highest BCUT2D eigenvalue weighted by Gasteiger charge is 2.30. The van der Waals surface area contributed by atoms with Gasteiger partial charge in [0, 0.05) is 17.1 Å². The van der Waals surface area contributed by atoms with Gasteiger partial charge >= 0.3 is 0 Å². The van der Waals surface area contributed by atoms with Gasteiger partial charge in [0.25, 0.3) is 5.91 Å². The predicted molar refractivity (Wildman–Crippen MR) is 67.8 cm³/mol. The van der Waals surface area contributed by atoms with Gasteiger partial charge in [-0.3, -0.25) is 4.79 Å². The van der Waals surface area contributed by atoms with Gasteiger partial charge in [-0.25, -0.2) is 0 Å². The summed E-state index contributed by atoms with van der Waals surface area (Å²) in [5, 5.41) is 10.9. The van der Waals surface area contributed by atoms with Gasteiger partial charge < -0.3 is 10.0 Å². The molecule has 1 aromatic rings. The monoisotopic (exact) mass is 303 g/mol. The van der Waals surface area contributed by atoms with Crippen molar-refractivity contribution >= 4 is 33.2 Å². The van der Waals surface area contributed by atoms with Crippen LogP contribution in [0.3, 0.4) is 0 Å². The smallest absolute Gasteiger partial charge is 0.265 e. The first-order chi connectivity index (χ1) is 7.74. The zero-order valence-corrected chi connectivity index (χ0v) is 11.3. The molecule has 1 saturated carbocycles. The lowest BCUT2D eigenvalue weighted by Crippen LogP contribution is -2.45. The largest absolute Gasteiger partial charge is 0.395 e. The zero-order valence-electron chi connectivity index (χ0n) is 8.86. The van der Waals surface area contributed by atoms with E-state index < -0.39 is 0 Å². The van der Waals surface area contributed by atoms with Crippen molar-refractivity contribution in [3.8, 4) is 0 Å². The molecule has 0 aromatic carbocycles. The Morgan fingerprint density at radius 3 is 2.81 bits per heavy atom. The molecule has 3 nitrogen and oxygen atoms in total. The van der Waals surface area contributed by atoms with Crippen molar-refractivity contribution in [1.29, 1.82) is 0 Å². The van der Waals surface area contributed by atoms with Crippen LogP contribution in [0.25, 0.3) is 0 Å². The van der Waals surface area contributed by atoms with Crippen molar-refractivity contribution in [2.45, 2.75) is 25.3 Å². The van der Waals surface area contributed by atoms with Gasteiger partial charge in [-0.1, -0.05) is 0 Å². The number of aliphatic hydroxyl groups excluding tert-OH is 1. The van der Waals surface area contributed by atoms with Crippen molar-refractivity contribution in [3.63, 3.8) is 0 Å². The molecule has 0 spiro atoms. The number of rotatable bonds is 4. The molecule has 1 aliphatic carbocycles. The molecule has 88 valence electrons. The third-order valence-corrected chi connectivity index (χ3v) is 4.75. The van der Waals surface area contributed by atoms with Crippen molar-refractivity contribution in [3.05, 3.63) is 20.8 Å². The van der Waals surface area contributed by atoms with Crippen molar-refractivity contribution < 1.29 is 9.90 Å². The van der Waals surface area contributed by atoms with E-state index in [9.17, 15) is 4.79 Å². The first kappa shape index (κ1) is 12.1. The Morgan fingerprint density at radius 1 is 1.62 bits per heavy atom. The second-order valence-corrected chi connectivity index (χ2v) is 5.67. The maximum absolute atomic E-state index is 12.2. The van der Waals surface area contributed by atoms with Crippen LogP contribution in [0.2, 0.25) is 0 Å². The Labute approximate surface area is 107 Å². The van der Waals surface area contributed by atoms with Crippen LogP contribution in [0.1, 0.15) is 28.9 Å². The molecule has 0 atom stereocenters. The number of aliphatic hydroxyl groups is 1. The van der Waals surface area contributed by atoms with E-state index in [0.717, 1.165) is 22.2 Å². The van der Waals surface area contributed by atoms with Gasteiger partial charge in [0.15, 0.2) is 0 Å². The molecule has 5 heteroatoms. The summed E-state index contributed by atoms with van der Waals surface area (Å²) in [6.07, 6.45) is 3.31. The van der Waals surface area contributed by atoms with Crippen LogP contribution in [0.4, 0.5) is 0 Å². The van der Waals surface area contributed by atoms with E-state index in [1.165, 1.54) is 17.8 Å². The molecule has 1 fully saturated rings. The topological polar surface area (TPSA) is 40.5 Å². The Morgan fingerprint density at radius 2 is 2.38 bits per heavy atom. The number of carbonyl (C=O) groups excluding carboxylic acids is 1. The Balaban J connectivity index is 2.13. The van der Waals surface area contributed by atoms with Crippen molar-refractivity contribution in [2.24, 2.45) is 0 Å². The van der Waals surface area contributed by atoms with Crippen LogP contribution in [0.5, 0.6) is 0 Å². The minimum Gasteiger partial charge on any atom is -0.395 e. The molecule has 0 bridgehead atoms. The van der Waals surface area contributed by atoms with E-state index in [0.29, 0.717) is 12.6 Å². The van der Waals surface area contributed by atoms with Crippen molar-refractivity contribution in [1.82, 2.24) is 4.90 Å². The maximum atomic E-state index is 12.2. The third-order valence-electron chi connectivity index (χ3n) is 2.93. The first-order valence-corrected chi connectivity index (χ1v) is 7.06. The summed E-state index contributed by atoms with van der Waals surface area (Å²) in [6, 6.07) is 2.21. The Bertz CT molecular complexity index is 376. The van der Waals surface area contributed by atoms with E-state index in [2.05, 4.69) is 15.9 Å². The molecule has 0 radical (unpaired) electrons. The second-order valence-electron chi connectivity index (χ2n) is 3.90. The van der Waals surface area contributed by atoms with Crippen molar-refractivity contribution in [2.75, 3.05) is 13.2 Å². The average molecular weight is 304 g/mol. The number of nitrogens with zero attached hydrogens (tertiary/aromatic N) is 1. The lowest BCUT2D eigenvalue weighted by molar-refractivity contribution is 0.0530. The van der Waals surface area contributed by atoms with Gasteiger partial charge in [-0.2, -0.15) is 0 Å². The van der Waals surface area contributed by atoms with E-state index in [1.807, 2.05) is 11.4 Å². The number of carbonyl (C=O) groups is 1. The lowest BCUT2D eigenvalue weighted by atomic mass is 9.91. The number of halogens is 1. The molecule has 1 aliphatic rings. The highest BCUT2D eigenvalue weighted by molar-refractivity contribution is 9.10. The summed E-state index contributed by atoms with van der Waals surface area (Å²) in [4.78, 5) is 14.8. The highest BCUT2D eigenvalue weighted by Crippen LogP contribution is 2.29. The third kappa shape index (κ3) is 2.31. The van der Waals surface area contributed by atoms with Gasteiger partial charge in [-0.15, -0.1) is 11.3 Å². The summed E-state index contributed by atoms with van der Waals surface area (Å²) >= 11 is 4.82. The lowest BCUT2D eigenvalue weighted by Gasteiger charge is -2.37. The van der Waals surface area contributed by atoms with E-state index in [1.54, 1.807) is 4.90 Å². The minimum absolute atomic E-state index is 0.0330. The number of hydrogen-bond acceptors (Lipinski definition) is 3. The predicted octanol–water partition coefficient (Wildman–Crippen LogP) is 2.50. The summed E-state index contributed by atoms with van der Waals surface area (Å²) in [5.41, 5.74) is 0. The van der Waals surface area contributed by atoms with Gasteiger partial charge in [0.05, 0.1) is 6.61 Å². The summed E-state index contributed by atoms with van der Waals surface area (Å²) < 4.78 is 0.852. The summed E-state index contributed by atoms with van der Waals surface area (Å²) in [7, 11) is 0. The first-order valence-electron chi connectivity index (χ1n) is 5.39. The molecular weight excluding hydrogens is 290 g/mol. The molecule has 0 saturated heterocycles. The molecular formula is C11H14BrNO2S. The number of thiophene rings is 1. The molecule has 1 heterocycles. The van der Waals surface area contributed by atoms with Crippen LogP contribution in [-0.2, 0) is 0 Å². The number of hydrogen-bond donors (Lipinski definition) is 1. The second kappa shape index (κ2) is 5.29. The summed E-state index contributed by atoms with van der Waals surface area (Å²) in [5.74, 6) is 0.0422. The molecule has 0 unspecified atom stereocenters. The van der Waals surface area contributed by atoms with Crippen LogP contribution >= 0.6 is 27.3 Å². The van der Waals surface area contributed by atoms with Gasteiger partial charge in [0.1, 0.15) is 4.88 Å². The number of amides is 1. The fourth-order valence-corrected chi connectivity index (χ4v) is 3.33. The highest BCUT2D eigenvalue weighted by atomic mass is 79.9. The van der Waals surface area contributed by atoms with Crippen LogP contribution in [0.15, 0.2) is 15.9 Å². The standard InChI is InChI=1S/C11H14BrNO2S/c12-9-4-7-16-10(9)11(15)13(5-6-14)8-2-1-3-8/h4,7-8,14H,1-3,5-6H2. The Kier molecular flexibility index (Phi) is 4.00. The molecule has 16 heavy (non-hydrogen) atoms. The van der Waals surface area contributed by atoms with E-state index in [-0.39, 0.29) is 12.5 Å². The summed E-state index contributed by atoms with van der Waals surface area (Å²) in [6.45, 7) is 0.471. The molecule has 1 amide bonds.